The second-order valence-electron chi connectivity index (χ2n) is 15.4. The molecule has 0 N–H and O–H groups in total. The molecule has 3 heteroatoms. The van der Waals surface area contributed by atoms with E-state index in [2.05, 4.69) is 219 Å². The van der Waals surface area contributed by atoms with Crippen molar-refractivity contribution in [2.24, 2.45) is 0 Å². The SMILES string of the molecule is C[Si]1(C)c2ccccc2-c2nc(-c3cccc(-c4cccc(-c5cccc(-c6ccccc6)c5)c4)c3)nc(-c3cc(-c4ccccc4)cc(-c4ccccc4)c3)c21. The maximum Gasteiger partial charge on any atom is 0.160 e. The smallest absolute Gasteiger partial charge is 0.160 e. The molecule has 2 nitrogen and oxygen atoms in total. The monoisotopic (exact) mass is 744 g/mol. The van der Waals surface area contributed by atoms with Crippen LogP contribution in [0.2, 0.25) is 13.1 Å². The number of aromatic nitrogens is 2. The Kier molecular flexibility index (Phi) is 8.66. The summed E-state index contributed by atoms with van der Waals surface area (Å²) in [5, 5.41) is 2.72. The van der Waals surface area contributed by atoms with Gasteiger partial charge in [-0.1, -0.05) is 183 Å². The molecule has 2 heterocycles. The molecule has 1 aromatic heterocycles. The first-order valence-electron chi connectivity index (χ1n) is 19.6. The van der Waals surface area contributed by atoms with Crippen LogP contribution in [0.3, 0.4) is 0 Å². The quantitative estimate of drug-likeness (QED) is 0.152. The van der Waals surface area contributed by atoms with E-state index in [0.717, 1.165) is 39.5 Å². The summed E-state index contributed by atoms with van der Waals surface area (Å²) in [5.41, 5.74) is 17.3. The highest BCUT2D eigenvalue weighted by Crippen LogP contribution is 2.38. The van der Waals surface area contributed by atoms with Crippen molar-refractivity contribution in [1.29, 1.82) is 0 Å². The predicted molar refractivity (Wildman–Crippen MR) is 242 cm³/mol. The fraction of sp³-hybridized carbons (Fsp3) is 0.0370. The molecule has 10 rings (SSSR count). The summed E-state index contributed by atoms with van der Waals surface area (Å²) in [6.07, 6.45) is 0. The van der Waals surface area contributed by atoms with Crippen LogP contribution in [0.25, 0.3) is 89.5 Å². The van der Waals surface area contributed by atoms with Crippen LogP contribution in [0.1, 0.15) is 0 Å². The Hall–Kier alpha value is -6.94. The van der Waals surface area contributed by atoms with Gasteiger partial charge in [0.25, 0.3) is 0 Å². The van der Waals surface area contributed by atoms with E-state index in [1.807, 2.05) is 0 Å². The van der Waals surface area contributed by atoms with Gasteiger partial charge < -0.3 is 0 Å². The average Bonchev–Trinajstić information content (AvgIpc) is 3.52. The number of benzene rings is 8. The zero-order chi connectivity index (χ0) is 38.3. The third-order valence-corrected chi connectivity index (χ3v) is 14.9. The van der Waals surface area contributed by atoms with Crippen molar-refractivity contribution in [3.63, 3.8) is 0 Å². The molecule has 0 amide bonds. The molecule has 0 saturated heterocycles. The lowest BCUT2D eigenvalue weighted by Gasteiger charge is -2.22. The molecule has 270 valence electrons. The fourth-order valence-corrected chi connectivity index (χ4v) is 11.8. The number of fused-ring (bicyclic) bond motifs is 3. The molecule has 0 spiro atoms. The summed E-state index contributed by atoms with van der Waals surface area (Å²) in [5.74, 6) is 0.741. The normalized spacial score (nSPS) is 12.5. The van der Waals surface area contributed by atoms with Gasteiger partial charge in [0, 0.05) is 11.1 Å². The van der Waals surface area contributed by atoms with Crippen LogP contribution in [0, 0.1) is 0 Å². The van der Waals surface area contributed by atoms with Crippen LogP contribution in [0.4, 0.5) is 0 Å². The van der Waals surface area contributed by atoms with Gasteiger partial charge in [-0.25, -0.2) is 9.97 Å². The standard InChI is InChI=1S/C54H40N2Si/c1-57(2)50-30-13-12-29-49(50)52-53(57)51(48-35-46(38-19-8-4-9-20-38)34-47(36-48)39-21-10-5-11-22-39)55-54(56-52)45-28-16-27-44(33-45)43-26-15-25-42(32-43)41-24-14-23-40(31-41)37-17-6-3-7-18-37/h3-36H,1-2H3. The first kappa shape index (κ1) is 34.5. The summed E-state index contributed by atoms with van der Waals surface area (Å²) in [6, 6.07) is 74.2. The zero-order valence-corrected chi connectivity index (χ0v) is 33.0. The zero-order valence-electron chi connectivity index (χ0n) is 32.0. The lowest BCUT2D eigenvalue weighted by molar-refractivity contribution is 1.20. The van der Waals surface area contributed by atoms with Gasteiger partial charge in [0.1, 0.15) is 8.07 Å². The van der Waals surface area contributed by atoms with Crippen LogP contribution in [0.5, 0.6) is 0 Å². The van der Waals surface area contributed by atoms with Crippen molar-refractivity contribution in [3.8, 4) is 89.5 Å². The molecule has 0 fully saturated rings. The molecule has 0 saturated carbocycles. The topological polar surface area (TPSA) is 25.8 Å². The van der Waals surface area contributed by atoms with Gasteiger partial charge in [-0.15, -0.1) is 0 Å². The molecule has 9 aromatic rings. The Bertz CT molecular complexity index is 2860. The Balaban J connectivity index is 1.13. The van der Waals surface area contributed by atoms with Crippen molar-refractivity contribution in [2.45, 2.75) is 13.1 Å². The molecule has 0 radical (unpaired) electrons. The molecule has 1 aliphatic rings. The summed E-state index contributed by atoms with van der Waals surface area (Å²) >= 11 is 0. The molecular weight excluding hydrogens is 705 g/mol. The minimum absolute atomic E-state index is 0.741. The number of hydrogen-bond donors (Lipinski definition) is 0. The van der Waals surface area contributed by atoms with Crippen molar-refractivity contribution in [2.75, 3.05) is 0 Å². The van der Waals surface area contributed by atoms with Gasteiger partial charge >= 0.3 is 0 Å². The first-order valence-corrected chi connectivity index (χ1v) is 22.6. The number of rotatable bonds is 7. The van der Waals surface area contributed by atoms with Gasteiger partial charge in [0.05, 0.1) is 11.4 Å². The van der Waals surface area contributed by atoms with Gasteiger partial charge in [-0.05, 0) is 108 Å². The van der Waals surface area contributed by atoms with E-state index >= 15 is 0 Å². The fourth-order valence-electron chi connectivity index (χ4n) is 8.54. The van der Waals surface area contributed by atoms with Crippen molar-refractivity contribution < 1.29 is 0 Å². The third kappa shape index (κ3) is 6.42. The van der Waals surface area contributed by atoms with Crippen LogP contribution in [-0.2, 0) is 0 Å². The molecule has 0 atom stereocenters. The average molecular weight is 745 g/mol. The lowest BCUT2D eigenvalue weighted by Crippen LogP contribution is -2.50. The van der Waals surface area contributed by atoms with Gasteiger partial charge in [0.2, 0.25) is 0 Å². The second-order valence-corrected chi connectivity index (χ2v) is 19.7. The van der Waals surface area contributed by atoms with Gasteiger partial charge in [-0.3, -0.25) is 0 Å². The van der Waals surface area contributed by atoms with E-state index in [-0.39, 0.29) is 0 Å². The minimum atomic E-state index is -2.18. The van der Waals surface area contributed by atoms with E-state index in [4.69, 9.17) is 9.97 Å². The largest absolute Gasteiger partial charge is 0.228 e. The van der Waals surface area contributed by atoms with Crippen LogP contribution < -0.4 is 10.4 Å². The Labute approximate surface area is 335 Å². The van der Waals surface area contributed by atoms with Crippen LogP contribution in [0.15, 0.2) is 206 Å². The van der Waals surface area contributed by atoms with E-state index in [9.17, 15) is 0 Å². The van der Waals surface area contributed by atoms with Gasteiger partial charge in [0.15, 0.2) is 5.82 Å². The molecular formula is C54H40N2Si. The van der Waals surface area contributed by atoms with Crippen LogP contribution >= 0.6 is 0 Å². The summed E-state index contributed by atoms with van der Waals surface area (Å²) < 4.78 is 0. The highest BCUT2D eigenvalue weighted by molar-refractivity contribution is 7.04. The predicted octanol–water partition coefficient (Wildman–Crippen LogP) is 12.9. The van der Waals surface area contributed by atoms with E-state index in [1.54, 1.807) is 0 Å². The van der Waals surface area contributed by atoms with Gasteiger partial charge in [-0.2, -0.15) is 0 Å². The lowest BCUT2D eigenvalue weighted by atomic mass is 9.94. The summed E-state index contributed by atoms with van der Waals surface area (Å²) in [6.45, 7) is 4.90. The Morgan fingerprint density at radius 1 is 0.298 bits per heavy atom. The number of nitrogens with zero attached hydrogens (tertiary/aromatic N) is 2. The second kappa shape index (κ2) is 14.3. The Morgan fingerprint density at radius 2 is 0.649 bits per heavy atom. The summed E-state index contributed by atoms with van der Waals surface area (Å²) in [7, 11) is -2.18. The molecule has 0 unspecified atom stereocenters. The highest BCUT2D eigenvalue weighted by Gasteiger charge is 2.41. The molecule has 0 bridgehead atoms. The molecule has 57 heavy (non-hydrogen) atoms. The van der Waals surface area contributed by atoms with E-state index in [1.165, 1.54) is 60.4 Å². The van der Waals surface area contributed by atoms with Crippen molar-refractivity contribution >= 4 is 18.4 Å². The maximum atomic E-state index is 5.60. The molecule has 8 aromatic carbocycles. The van der Waals surface area contributed by atoms with Crippen molar-refractivity contribution in [3.05, 3.63) is 206 Å². The molecule has 0 aliphatic carbocycles. The molecule has 1 aliphatic heterocycles. The van der Waals surface area contributed by atoms with Crippen molar-refractivity contribution in [1.82, 2.24) is 9.97 Å². The minimum Gasteiger partial charge on any atom is -0.228 e. The first-order chi connectivity index (χ1) is 28.0. The van der Waals surface area contributed by atoms with E-state index in [0.29, 0.717) is 0 Å². The number of hydrogen-bond acceptors (Lipinski definition) is 2. The highest BCUT2D eigenvalue weighted by atomic mass is 28.3. The van der Waals surface area contributed by atoms with Crippen LogP contribution in [-0.4, -0.2) is 18.0 Å². The summed E-state index contributed by atoms with van der Waals surface area (Å²) in [4.78, 5) is 11.1. The maximum absolute atomic E-state index is 5.60. The van der Waals surface area contributed by atoms with E-state index < -0.39 is 8.07 Å². The third-order valence-electron chi connectivity index (χ3n) is 11.4. The Morgan fingerprint density at radius 3 is 1.18 bits per heavy atom.